The van der Waals surface area contributed by atoms with Crippen LogP contribution in [0.15, 0.2) is 36.0 Å². The fraction of sp³-hybridized carbons (Fsp3) is 0.429. The first-order valence-electron chi connectivity index (χ1n) is 9.34. The van der Waals surface area contributed by atoms with Gasteiger partial charge in [0.2, 0.25) is 0 Å². The number of carbonyl (C=O) groups is 1. The van der Waals surface area contributed by atoms with E-state index in [1.54, 1.807) is 6.92 Å². The molecule has 1 aliphatic heterocycles. The average Bonchev–Trinajstić information content (AvgIpc) is 3.28. The Morgan fingerprint density at radius 2 is 2.26 bits per heavy atom. The van der Waals surface area contributed by atoms with Gasteiger partial charge in [-0.3, -0.25) is 4.79 Å². The number of hydrogen-bond donors (Lipinski definition) is 1. The maximum Gasteiger partial charge on any atom is 0.145 e. The van der Waals surface area contributed by atoms with Gasteiger partial charge >= 0.3 is 0 Å². The Labute approximate surface area is 160 Å². The largest absolute Gasteiger partial charge is 0.383 e. The summed E-state index contributed by atoms with van der Waals surface area (Å²) < 4.78 is 8.07. The molecule has 1 saturated heterocycles. The number of ether oxygens (including phenoxy) is 1. The molecule has 2 aromatic rings. The molecule has 6 nitrogen and oxygen atoms in total. The molecule has 0 amide bonds. The normalized spacial score (nSPS) is 18.3. The Hall–Kier alpha value is -2.44. The van der Waals surface area contributed by atoms with Crippen molar-refractivity contribution in [1.29, 1.82) is 0 Å². The van der Waals surface area contributed by atoms with Gasteiger partial charge in [0.05, 0.1) is 23.7 Å². The number of aromatic nitrogens is 2. The molecule has 0 saturated carbocycles. The Balaban J connectivity index is 2.16. The smallest absolute Gasteiger partial charge is 0.145 e. The number of imidazole rings is 1. The summed E-state index contributed by atoms with van der Waals surface area (Å²) in [5, 5.41) is 0. The number of fused-ring (bicyclic) bond motifs is 1. The van der Waals surface area contributed by atoms with Crippen molar-refractivity contribution in [1.82, 2.24) is 14.5 Å². The van der Waals surface area contributed by atoms with E-state index in [4.69, 9.17) is 15.5 Å². The molecule has 27 heavy (non-hydrogen) atoms. The first-order chi connectivity index (χ1) is 13.0. The third-order valence-corrected chi connectivity index (χ3v) is 4.68. The summed E-state index contributed by atoms with van der Waals surface area (Å²) in [6.07, 6.45) is 7.06. The van der Waals surface area contributed by atoms with E-state index >= 15 is 0 Å². The highest BCUT2D eigenvalue weighted by Gasteiger charge is 2.21. The van der Waals surface area contributed by atoms with Crippen LogP contribution < -0.4 is 5.73 Å². The number of hydrogen-bond acceptors (Lipinski definition) is 5. The van der Waals surface area contributed by atoms with Gasteiger partial charge in [0, 0.05) is 39.0 Å². The molecule has 1 aliphatic rings. The molecular weight excluding hydrogens is 340 g/mol. The van der Waals surface area contributed by atoms with Gasteiger partial charge in [0.25, 0.3) is 0 Å². The zero-order chi connectivity index (χ0) is 19.4. The minimum atomic E-state index is 0.187. The minimum absolute atomic E-state index is 0.187. The Morgan fingerprint density at radius 3 is 2.89 bits per heavy atom. The van der Waals surface area contributed by atoms with E-state index in [1.807, 2.05) is 43.4 Å². The van der Waals surface area contributed by atoms with Crippen molar-refractivity contribution in [2.75, 3.05) is 20.7 Å². The average molecular weight is 368 g/mol. The van der Waals surface area contributed by atoms with Crippen LogP contribution in [0.25, 0.3) is 16.6 Å². The van der Waals surface area contributed by atoms with Crippen molar-refractivity contribution < 1.29 is 9.53 Å². The van der Waals surface area contributed by atoms with Crippen molar-refractivity contribution >= 4 is 22.9 Å². The Bertz CT molecular complexity index is 874. The summed E-state index contributed by atoms with van der Waals surface area (Å²) in [6, 6.07) is 6.16. The van der Waals surface area contributed by atoms with Crippen molar-refractivity contribution in [2.45, 2.75) is 39.0 Å². The van der Waals surface area contributed by atoms with E-state index in [2.05, 4.69) is 10.6 Å². The number of allylic oxidation sites excluding steroid dienone is 3. The van der Waals surface area contributed by atoms with Crippen molar-refractivity contribution in [3.8, 4) is 0 Å². The number of nitrogens with zero attached hydrogens (tertiary/aromatic N) is 3. The standard InChI is InChI=1S/C21H28N4O2/c1-15(14-26)9-17(12-24(2)3)21-23-19-10-16(11-22)6-7-20(19)25(21)13-18-5-4-8-27-18/h6-7,9-10,12,14,18H,4-5,8,11,13,22H2,1-3H3/b15-9-,17-12+/t18-/m0/s1. The molecule has 0 aliphatic carbocycles. The molecular formula is C21H28N4O2. The van der Waals surface area contributed by atoms with Gasteiger partial charge in [-0.25, -0.2) is 4.98 Å². The molecule has 1 aromatic carbocycles. The van der Waals surface area contributed by atoms with Crippen LogP contribution in [0.3, 0.4) is 0 Å². The summed E-state index contributed by atoms with van der Waals surface area (Å²) in [5.41, 5.74) is 10.4. The first kappa shape index (κ1) is 19.3. The van der Waals surface area contributed by atoms with Crippen LogP contribution >= 0.6 is 0 Å². The lowest BCUT2D eigenvalue weighted by molar-refractivity contribution is -0.104. The van der Waals surface area contributed by atoms with Gasteiger partial charge in [-0.2, -0.15) is 0 Å². The zero-order valence-electron chi connectivity index (χ0n) is 16.3. The topological polar surface area (TPSA) is 73.4 Å². The second kappa shape index (κ2) is 8.50. The van der Waals surface area contributed by atoms with Crippen molar-refractivity contribution in [3.63, 3.8) is 0 Å². The SMILES string of the molecule is C/C(C=O)=C/C(=C\N(C)C)c1nc2cc(CN)ccc2n1C[C@@H]1CCCO1. The molecule has 144 valence electrons. The van der Waals surface area contributed by atoms with Gasteiger partial charge in [-0.05, 0) is 49.1 Å². The molecule has 3 rings (SSSR count). The van der Waals surface area contributed by atoms with Gasteiger partial charge in [-0.1, -0.05) is 6.07 Å². The second-order valence-corrected chi connectivity index (χ2v) is 7.26. The van der Waals surface area contributed by atoms with Crippen LogP contribution in [0.4, 0.5) is 0 Å². The summed E-state index contributed by atoms with van der Waals surface area (Å²) in [5.74, 6) is 0.838. The fourth-order valence-corrected chi connectivity index (χ4v) is 3.42. The van der Waals surface area contributed by atoms with Crippen molar-refractivity contribution in [2.24, 2.45) is 5.73 Å². The van der Waals surface area contributed by atoms with E-state index in [-0.39, 0.29) is 6.10 Å². The van der Waals surface area contributed by atoms with Crippen LogP contribution in [0.1, 0.15) is 31.2 Å². The lowest BCUT2D eigenvalue weighted by atomic mass is 10.1. The summed E-state index contributed by atoms with van der Waals surface area (Å²) in [7, 11) is 3.92. The highest BCUT2D eigenvalue weighted by atomic mass is 16.5. The maximum absolute atomic E-state index is 11.2. The van der Waals surface area contributed by atoms with Gasteiger partial charge in [0.15, 0.2) is 0 Å². The van der Waals surface area contributed by atoms with E-state index < -0.39 is 0 Å². The highest BCUT2D eigenvalue weighted by molar-refractivity contribution is 5.85. The molecule has 0 spiro atoms. The quantitative estimate of drug-likeness (QED) is 0.462. The van der Waals surface area contributed by atoms with E-state index in [0.717, 1.165) is 60.3 Å². The second-order valence-electron chi connectivity index (χ2n) is 7.26. The summed E-state index contributed by atoms with van der Waals surface area (Å²) >= 11 is 0. The number of carbonyl (C=O) groups excluding carboxylic acids is 1. The van der Waals surface area contributed by atoms with Crippen molar-refractivity contribution in [3.05, 3.63) is 47.4 Å². The zero-order valence-corrected chi connectivity index (χ0v) is 16.3. The Kier molecular flexibility index (Phi) is 6.08. The van der Waals surface area contributed by atoms with Crippen LogP contribution in [0, 0.1) is 0 Å². The molecule has 0 bridgehead atoms. The van der Waals surface area contributed by atoms with Gasteiger partial charge in [-0.15, -0.1) is 0 Å². The minimum Gasteiger partial charge on any atom is -0.383 e. The van der Waals surface area contributed by atoms with Crippen LogP contribution in [0.5, 0.6) is 0 Å². The lowest BCUT2D eigenvalue weighted by Gasteiger charge is -2.16. The first-order valence-corrected chi connectivity index (χ1v) is 9.34. The highest BCUT2D eigenvalue weighted by Crippen LogP contribution is 2.27. The molecule has 2 N–H and O–H groups in total. The Morgan fingerprint density at radius 1 is 1.44 bits per heavy atom. The summed E-state index contributed by atoms with van der Waals surface area (Å²) in [4.78, 5) is 18.1. The molecule has 1 atom stereocenters. The number of aldehydes is 1. The predicted molar refractivity (Wildman–Crippen MR) is 108 cm³/mol. The summed E-state index contributed by atoms with van der Waals surface area (Å²) in [6.45, 7) is 3.84. The molecule has 1 fully saturated rings. The monoisotopic (exact) mass is 368 g/mol. The van der Waals surface area contributed by atoms with Gasteiger partial charge < -0.3 is 19.9 Å². The van der Waals surface area contributed by atoms with E-state index in [0.29, 0.717) is 12.1 Å². The number of benzene rings is 1. The lowest BCUT2D eigenvalue weighted by Crippen LogP contribution is -2.17. The van der Waals surface area contributed by atoms with Crippen LogP contribution in [0.2, 0.25) is 0 Å². The van der Waals surface area contributed by atoms with Crippen LogP contribution in [-0.4, -0.2) is 47.5 Å². The third kappa shape index (κ3) is 4.46. The molecule has 2 heterocycles. The predicted octanol–water partition coefficient (Wildman–Crippen LogP) is 2.72. The molecule has 0 unspecified atom stereocenters. The number of nitrogens with two attached hydrogens (primary N) is 1. The molecule has 0 radical (unpaired) electrons. The van der Waals surface area contributed by atoms with Crippen LogP contribution in [-0.2, 0) is 22.6 Å². The fourth-order valence-electron chi connectivity index (χ4n) is 3.42. The van der Waals surface area contributed by atoms with Gasteiger partial charge in [0.1, 0.15) is 12.1 Å². The molecule has 1 aromatic heterocycles. The number of rotatable bonds is 7. The van der Waals surface area contributed by atoms with E-state index in [9.17, 15) is 4.79 Å². The maximum atomic E-state index is 11.2. The third-order valence-electron chi connectivity index (χ3n) is 4.68. The van der Waals surface area contributed by atoms with E-state index in [1.165, 1.54) is 0 Å². The molecule has 6 heteroatoms.